The lowest BCUT2D eigenvalue weighted by Crippen LogP contribution is -2.11. The van der Waals surface area contributed by atoms with Crippen LogP contribution in [0.15, 0.2) is 0 Å². The Bertz CT molecular complexity index is 118. The van der Waals surface area contributed by atoms with Crippen LogP contribution in [0.5, 0.6) is 0 Å². The monoisotopic (exact) mass is 159 g/mol. The first-order chi connectivity index (χ1) is 5.13. The van der Waals surface area contributed by atoms with E-state index in [4.69, 9.17) is 15.8 Å². The van der Waals surface area contributed by atoms with Gasteiger partial charge >= 0.3 is 7.12 Å². The zero-order valence-electron chi connectivity index (χ0n) is 6.49. The van der Waals surface area contributed by atoms with Gasteiger partial charge in [-0.1, -0.05) is 12.8 Å². The molecule has 0 bridgehead atoms. The molecule has 0 saturated carbocycles. The molecule has 0 heterocycles. The SMILES string of the molecule is NC(=O)CCCCCB(O)O. The summed E-state index contributed by atoms with van der Waals surface area (Å²) in [5, 5.41) is 16.8. The van der Waals surface area contributed by atoms with Crippen molar-refractivity contribution in [1.82, 2.24) is 0 Å². The van der Waals surface area contributed by atoms with Gasteiger partial charge in [0.25, 0.3) is 0 Å². The normalized spacial score (nSPS) is 9.64. The Morgan fingerprint density at radius 2 is 1.91 bits per heavy atom. The Hall–Kier alpha value is -0.545. The molecule has 0 saturated heterocycles. The van der Waals surface area contributed by atoms with E-state index in [1.165, 1.54) is 0 Å². The largest absolute Gasteiger partial charge is 0.451 e. The number of amides is 1. The number of primary amides is 1. The summed E-state index contributed by atoms with van der Waals surface area (Å²) in [6.45, 7) is 0. The van der Waals surface area contributed by atoms with Gasteiger partial charge in [-0.15, -0.1) is 0 Å². The molecule has 11 heavy (non-hydrogen) atoms. The molecule has 4 nitrogen and oxygen atoms in total. The number of hydrogen-bond acceptors (Lipinski definition) is 3. The third-order valence-corrected chi connectivity index (χ3v) is 1.39. The number of nitrogens with two attached hydrogens (primary N) is 1. The standard InChI is InChI=1S/C6H14BNO3/c8-6(9)4-2-1-3-5-7(10)11/h10-11H,1-5H2,(H2,8,9). The van der Waals surface area contributed by atoms with Gasteiger partial charge < -0.3 is 15.8 Å². The number of unbranched alkanes of at least 4 members (excludes halogenated alkanes) is 2. The lowest BCUT2D eigenvalue weighted by atomic mass is 9.83. The summed E-state index contributed by atoms with van der Waals surface area (Å²) in [5.41, 5.74) is 4.90. The maximum absolute atomic E-state index is 10.2. The first-order valence-electron chi connectivity index (χ1n) is 3.77. The summed E-state index contributed by atoms with van der Waals surface area (Å²) in [6, 6.07) is 0. The fourth-order valence-corrected chi connectivity index (χ4v) is 0.803. The number of hydrogen-bond donors (Lipinski definition) is 3. The van der Waals surface area contributed by atoms with Gasteiger partial charge in [0.1, 0.15) is 0 Å². The van der Waals surface area contributed by atoms with Crippen molar-refractivity contribution in [3.8, 4) is 0 Å². The molecule has 0 radical (unpaired) electrons. The van der Waals surface area contributed by atoms with Gasteiger partial charge in [0, 0.05) is 6.42 Å². The van der Waals surface area contributed by atoms with Crippen LogP contribution in [0.3, 0.4) is 0 Å². The third-order valence-electron chi connectivity index (χ3n) is 1.39. The quantitative estimate of drug-likeness (QED) is 0.361. The van der Waals surface area contributed by atoms with E-state index < -0.39 is 7.12 Å². The van der Waals surface area contributed by atoms with Gasteiger partial charge in [-0.3, -0.25) is 4.79 Å². The van der Waals surface area contributed by atoms with E-state index >= 15 is 0 Å². The van der Waals surface area contributed by atoms with Crippen molar-refractivity contribution in [2.45, 2.75) is 32.0 Å². The van der Waals surface area contributed by atoms with Crippen molar-refractivity contribution < 1.29 is 14.8 Å². The highest BCUT2D eigenvalue weighted by Gasteiger charge is 2.04. The number of rotatable bonds is 6. The van der Waals surface area contributed by atoms with E-state index in [0.29, 0.717) is 12.7 Å². The average Bonchev–Trinajstić information content (AvgIpc) is 1.85. The Morgan fingerprint density at radius 1 is 1.27 bits per heavy atom. The minimum Gasteiger partial charge on any atom is -0.427 e. The highest BCUT2D eigenvalue weighted by atomic mass is 16.4. The zero-order chi connectivity index (χ0) is 8.69. The molecule has 0 aliphatic heterocycles. The van der Waals surface area contributed by atoms with Crippen LogP contribution in [0.2, 0.25) is 6.32 Å². The average molecular weight is 159 g/mol. The van der Waals surface area contributed by atoms with Crippen LogP contribution in [0.4, 0.5) is 0 Å². The summed E-state index contributed by atoms with van der Waals surface area (Å²) in [6.07, 6.45) is 3.05. The Morgan fingerprint density at radius 3 is 2.36 bits per heavy atom. The summed E-state index contributed by atoms with van der Waals surface area (Å²) in [5.74, 6) is -0.297. The highest BCUT2D eigenvalue weighted by Crippen LogP contribution is 2.03. The molecule has 0 unspecified atom stereocenters. The van der Waals surface area contributed by atoms with Crippen molar-refractivity contribution in [2.24, 2.45) is 5.73 Å². The van der Waals surface area contributed by atoms with Crippen LogP contribution in [-0.2, 0) is 4.79 Å². The predicted molar refractivity (Wildman–Crippen MR) is 42.7 cm³/mol. The van der Waals surface area contributed by atoms with Crippen LogP contribution in [0, 0.1) is 0 Å². The lowest BCUT2D eigenvalue weighted by Gasteiger charge is -1.97. The Kier molecular flexibility index (Phi) is 5.88. The third kappa shape index (κ3) is 9.45. The maximum atomic E-state index is 10.2. The van der Waals surface area contributed by atoms with Crippen molar-refractivity contribution in [2.75, 3.05) is 0 Å². The van der Waals surface area contributed by atoms with Crippen LogP contribution in [0.25, 0.3) is 0 Å². The topological polar surface area (TPSA) is 83.6 Å². The van der Waals surface area contributed by atoms with Crippen molar-refractivity contribution in [3.63, 3.8) is 0 Å². The Balaban J connectivity index is 2.97. The summed E-state index contributed by atoms with van der Waals surface area (Å²) >= 11 is 0. The molecule has 1 amide bonds. The van der Waals surface area contributed by atoms with E-state index in [1.54, 1.807) is 0 Å². The molecular weight excluding hydrogens is 145 g/mol. The predicted octanol–water partition coefficient (Wildman–Crippen LogP) is -0.495. The molecule has 0 aromatic rings. The summed E-state index contributed by atoms with van der Waals surface area (Å²) < 4.78 is 0. The van der Waals surface area contributed by atoms with Gasteiger partial charge in [0.05, 0.1) is 0 Å². The number of carbonyl (C=O) groups excluding carboxylic acids is 1. The van der Waals surface area contributed by atoms with E-state index in [-0.39, 0.29) is 5.91 Å². The maximum Gasteiger partial charge on any atom is 0.451 e. The van der Waals surface area contributed by atoms with Crippen molar-refractivity contribution >= 4 is 13.0 Å². The number of carbonyl (C=O) groups is 1. The Labute approximate surface area is 66.5 Å². The molecule has 0 aliphatic carbocycles. The van der Waals surface area contributed by atoms with Crippen LogP contribution >= 0.6 is 0 Å². The molecule has 0 rings (SSSR count). The van der Waals surface area contributed by atoms with E-state index in [9.17, 15) is 4.79 Å². The van der Waals surface area contributed by atoms with Crippen LogP contribution < -0.4 is 5.73 Å². The minimum absolute atomic E-state index is 0.297. The zero-order valence-corrected chi connectivity index (χ0v) is 6.49. The second kappa shape index (κ2) is 6.18. The second-order valence-electron chi connectivity index (χ2n) is 2.55. The first-order valence-corrected chi connectivity index (χ1v) is 3.77. The molecule has 0 spiro atoms. The molecular formula is C6H14BNO3. The molecule has 0 aromatic carbocycles. The second-order valence-corrected chi connectivity index (χ2v) is 2.55. The van der Waals surface area contributed by atoms with E-state index in [0.717, 1.165) is 19.3 Å². The van der Waals surface area contributed by atoms with Gasteiger partial charge in [-0.05, 0) is 12.7 Å². The van der Waals surface area contributed by atoms with Crippen molar-refractivity contribution in [1.29, 1.82) is 0 Å². The van der Waals surface area contributed by atoms with E-state index in [2.05, 4.69) is 0 Å². The molecule has 0 aromatic heterocycles. The highest BCUT2D eigenvalue weighted by molar-refractivity contribution is 6.40. The van der Waals surface area contributed by atoms with E-state index in [1.807, 2.05) is 0 Å². The summed E-state index contributed by atoms with van der Waals surface area (Å²) in [7, 11) is -1.22. The van der Waals surface area contributed by atoms with Crippen LogP contribution in [-0.4, -0.2) is 23.1 Å². The van der Waals surface area contributed by atoms with Crippen LogP contribution in [0.1, 0.15) is 25.7 Å². The fourth-order valence-electron chi connectivity index (χ4n) is 0.803. The molecule has 0 fully saturated rings. The van der Waals surface area contributed by atoms with Gasteiger partial charge in [0.15, 0.2) is 0 Å². The van der Waals surface area contributed by atoms with Gasteiger partial charge in [-0.25, -0.2) is 0 Å². The van der Waals surface area contributed by atoms with Crippen molar-refractivity contribution in [3.05, 3.63) is 0 Å². The van der Waals surface area contributed by atoms with Gasteiger partial charge in [0.2, 0.25) is 5.91 Å². The minimum atomic E-state index is -1.22. The smallest absolute Gasteiger partial charge is 0.427 e. The molecule has 0 atom stereocenters. The molecule has 0 aliphatic rings. The summed E-state index contributed by atoms with van der Waals surface area (Å²) in [4.78, 5) is 10.2. The lowest BCUT2D eigenvalue weighted by molar-refractivity contribution is -0.118. The molecule has 4 N–H and O–H groups in total. The molecule has 5 heteroatoms. The molecule has 64 valence electrons. The first kappa shape index (κ1) is 10.5. The fraction of sp³-hybridized carbons (Fsp3) is 0.833. The van der Waals surface area contributed by atoms with Gasteiger partial charge in [-0.2, -0.15) is 0 Å².